The predicted molar refractivity (Wildman–Crippen MR) is 144 cm³/mol. The normalized spacial score (nSPS) is 11.1. The van der Waals surface area contributed by atoms with E-state index < -0.39 is 0 Å². The fraction of sp³-hybridized carbons (Fsp3) is 0.393. The fourth-order valence-electron chi connectivity index (χ4n) is 4.36. The molecule has 0 aliphatic carbocycles. The van der Waals surface area contributed by atoms with Gasteiger partial charge in [-0.2, -0.15) is 4.98 Å². The molecule has 8 heteroatoms. The van der Waals surface area contributed by atoms with Crippen LogP contribution < -0.4 is 19.7 Å². The van der Waals surface area contributed by atoms with E-state index in [0.717, 1.165) is 59.8 Å². The maximum absolute atomic E-state index is 5.35. The van der Waals surface area contributed by atoms with Gasteiger partial charge in [0.25, 0.3) is 0 Å². The summed E-state index contributed by atoms with van der Waals surface area (Å²) in [6.07, 6.45) is 8.02. The number of hydrogen-bond acceptors (Lipinski definition) is 7. The molecule has 0 aliphatic rings. The third kappa shape index (κ3) is 6.24. The standard InChI is InChI=1S/C28H36N6O2/c1-5-7-23(8-6-2)30-28-31-27(26-29-17-18-34(26)32-28)33(19-21-9-13-24(35-3)14-10-21)20-22-11-15-25(36-4)16-12-22/h9-18,23H,5-8,19-20H2,1-4H3,(H,30,32). The molecule has 4 aromatic rings. The molecule has 1 N–H and O–H groups in total. The van der Waals surface area contributed by atoms with Gasteiger partial charge in [0.1, 0.15) is 11.5 Å². The molecule has 2 heterocycles. The zero-order valence-electron chi connectivity index (χ0n) is 21.6. The Balaban J connectivity index is 1.71. The zero-order chi connectivity index (χ0) is 25.3. The number of nitrogens with zero attached hydrogens (tertiary/aromatic N) is 5. The molecule has 2 aromatic heterocycles. The highest BCUT2D eigenvalue weighted by Crippen LogP contribution is 2.25. The quantitative estimate of drug-likeness (QED) is 0.258. The molecule has 2 aromatic carbocycles. The molecule has 0 aliphatic heterocycles. The Labute approximate surface area is 213 Å². The van der Waals surface area contributed by atoms with E-state index >= 15 is 0 Å². The van der Waals surface area contributed by atoms with Crippen LogP contribution in [0.2, 0.25) is 0 Å². The van der Waals surface area contributed by atoms with Gasteiger partial charge in [0.2, 0.25) is 5.95 Å². The van der Waals surface area contributed by atoms with Crippen molar-refractivity contribution in [2.24, 2.45) is 0 Å². The lowest BCUT2D eigenvalue weighted by Gasteiger charge is -2.26. The van der Waals surface area contributed by atoms with Crippen LogP contribution >= 0.6 is 0 Å². The number of hydrogen-bond donors (Lipinski definition) is 1. The Morgan fingerprint density at radius 2 is 1.42 bits per heavy atom. The summed E-state index contributed by atoms with van der Waals surface area (Å²) in [5, 5.41) is 8.30. The van der Waals surface area contributed by atoms with Gasteiger partial charge < -0.3 is 19.7 Å². The minimum Gasteiger partial charge on any atom is -0.497 e. The molecule has 0 spiro atoms. The highest BCUT2D eigenvalue weighted by atomic mass is 16.5. The van der Waals surface area contributed by atoms with Crippen molar-refractivity contribution in [1.82, 2.24) is 19.6 Å². The summed E-state index contributed by atoms with van der Waals surface area (Å²) in [5.74, 6) is 3.08. The molecular formula is C28H36N6O2. The SMILES string of the molecule is CCCC(CCC)Nc1nc(N(Cc2ccc(OC)cc2)Cc2ccc(OC)cc2)c2nccn2n1. The molecule has 36 heavy (non-hydrogen) atoms. The first-order chi connectivity index (χ1) is 17.6. The van der Waals surface area contributed by atoms with Crippen LogP contribution in [-0.4, -0.2) is 39.8 Å². The van der Waals surface area contributed by atoms with E-state index in [1.54, 1.807) is 20.4 Å². The van der Waals surface area contributed by atoms with Crippen molar-refractivity contribution in [3.8, 4) is 11.5 Å². The van der Waals surface area contributed by atoms with Gasteiger partial charge in [0.05, 0.1) is 14.2 Å². The smallest absolute Gasteiger partial charge is 0.243 e. The van der Waals surface area contributed by atoms with Crippen LogP contribution in [0.25, 0.3) is 5.65 Å². The van der Waals surface area contributed by atoms with Crippen LogP contribution in [0.1, 0.15) is 50.7 Å². The van der Waals surface area contributed by atoms with Crippen LogP contribution in [0, 0.1) is 0 Å². The number of benzene rings is 2. The highest BCUT2D eigenvalue weighted by molar-refractivity contribution is 5.65. The molecule has 0 unspecified atom stereocenters. The van der Waals surface area contributed by atoms with Gasteiger partial charge in [-0.05, 0) is 48.2 Å². The van der Waals surface area contributed by atoms with Crippen molar-refractivity contribution in [3.63, 3.8) is 0 Å². The summed E-state index contributed by atoms with van der Waals surface area (Å²) in [7, 11) is 3.36. The van der Waals surface area contributed by atoms with Gasteiger partial charge in [-0.1, -0.05) is 51.0 Å². The number of aromatic nitrogens is 4. The molecule has 0 atom stereocenters. The van der Waals surface area contributed by atoms with E-state index in [1.807, 2.05) is 35.0 Å². The predicted octanol–water partition coefficient (Wildman–Crippen LogP) is 5.73. The Bertz CT molecular complexity index is 1170. The Morgan fingerprint density at radius 3 is 1.92 bits per heavy atom. The van der Waals surface area contributed by atoms with Gasteiger partial charge in [0, 0.05) is 31.5 Å². The number of imidazole rings is 1. The molecule has 0 saturated carbocycles. The van der Waals surface area contributed by atoms with Gasteiger partial charge in [-0.3, -0.25) is 0 Å². The first kappa shape index (κ1) is 25.3. The maximum Gasteiger partial charge on any atom is 0.243 e. The second kappa shape index (κ2) is 12.2. The Morgan fingerprint density at radius 1 is 0.861 bits per heavy atom. The lowest BCUT2D eigenvalue weighted by atomic mass is 10.1. The van der Waals surface area contributed by atoms with Gasteiger partial charge >= 0.3 is 0 Å². The number of rotatable bonds is 13. The maximum atomic E-state index is 5.35. The average Bonchev–Trinajstić information content (AvgIpc) is 3.38. The van der Waals surface area contributed by atoms with Crippen molar-refractivity contribution in [3.05, 3.63) is 72.1 Å². The van der Waals surface area contributed by atoms with Crippen LogP contribution in [0.5, 0.6) is 11.5 Å². The average molecular weight is 489 g/mol. The van der Waals surface area contributed by atoms with Crippen LogP contribution in [0.3, 0.4) is 0 Å². The van der Waals surface area contributed by atoms with Crippen molar-refractivity contribution >= 4 is 17.4 Å². The summed E-state index contributed by atoms with van der Waals surface area (Å²) in [4.78, 5) is 11.9. The topological polar surface area (TPSA) is 76.8 Å². The molecule has 190 valence electrons. The molecule has 8 nitrogen and oxygen atoms in total. The number of fused-ring (bicyclic) bond motifs is 1. The number of methoxy groups -OCH3 is 2. The second-order valence-electron chi connectivity index (χ2n) is 8.93. The molecule has 0 saturated heterocycles. The lowest BCUT2D eigenvalue weighted by molar-refractivity contribution is 0.414. The summed E-state index contributed by atoms with van der Waals surface area (Å²) in [6, 6.07) is 16.6. The highest BCUT2D eigenvalue weighted by Gasteiger charge is 2.19. The number of nitrogens with one attached hydrogen (secondary N) is 1. The summed E-state index contributed by atoms with van der Waals surface area (Å²) in [6.45, 7) is 5.73. The molecule has 0 fully saturated rings. The van der Waals surface area contributed by atoms with Gasteiger partial charge in [-0.15, -0.1) is 5.10 Å². The van der Waals surface area contributed by atoms with E-state index in [0.29, 0.717) is 25.1 Å². The van der Waals surface area contributed by atoms with Crippen molar-refractivity contribution < 1.29 is 9.47 Å². The van der Waals surface area contributed by atoms with E-state index in [9.17, 15) is 0 Å². The number of ether oxygens (including phenoxy) is 2. The summed E-state index contributed by atoms with van der Waals surface area (Å²) < 4.78 is 12.5. The first-order valence-electron chi connectivity index (χ1n) is 12.6. The van der Waals surface area contributed by atoms with Gasteiger partial charge in [0.15, 0.2) is 11.5 Å². The minimum absolute atomic E-state index is 0.338. The van der Waals surface area contributed by atoms with E-state index in [-0.39, 0.29) is 0 Å². The second-order valence-corrected chi connectivity index (χ2v) is 8.93. The van der Waals surface area contributed by atoms with E-state index in [2.05, 4.69) is 53.3 Å². The molecule has 4 rings (SSSR count). The Kier molecular flexibility index (Phi) is 8.60. The van der Waals surface area contributed by atoms with E-state index in [4.69, 9.17) is 19.6 Å². The lowest BCUT2D eigenvalue weighted by Crippen LogP contribution is -2.26. The third-order valence-electron chi connectivity index (χ3n) is 6.21. The zero-order valence-corrected chi connectivity index (χ0v) is 21.6. The number of anilines is 2. The van der Waals surface area contributed by atoms with Crippen LogP contribution in [0.15, 0.2) is 60.9 Å². The summed E-state index contributed by atoms with van der Waals surface area (Å²) >= 11 is 0. The molecule has 0 radical (unpaired) electrons. The van der Waals surface area contributed by atoms with Crippen molar-refractivity contribution in [2.45, 2.75) is 58.7 Å². The van der Waals surface area contributed by atoms with Crippen LogP contribution in [-0.2, 0) is 13.1 Å². The fourth-order valence-corrected chi connectivity index (χ4v) is 4.36. The first-order valence-corrected chi connectivity index (χ1v) is 12.6. The Hall–Kier alpha value is -3.81. The molecular weight excluding hydrogens is 452 g/mol. The minimum atomic E-state index is 0.338. The van der Waals surface area contributed by atoms with Crippen LogP contribution in [0.4, 0.5) is 11.8 Å². The van der Waals surface area contributed by atoms with Gasteiger partial charge in [-0.25, -0.2) is 9.50 Å². The van der Waals surface area contributed by atoms with Crippen molar-refractivity contribution in [2.75, 3.05) is 24.4 Å². The monoisotopic (exact) mass is 488 g/mol. The molecule has 0 bridgehead atoms. The summed E-state index contributed by atoms with van der Waals surface area (Å²) in [5.41, 5.74) is 3.03. The largest absolute Gasteiger partial charge is 0.497 e. The van der Waals surface area contributed by atoms with E-state index in [1.165, 1.54) is 0 Å². The third-order valence-corrected chi connectivity index (χ3v) is 6.21. The van der Waals surface area contributed by atoms with Crippen molar-refractivity contribution in [1.29, 1.82) is 0 Å². The molecule has 0 amide bonds.